The van der Waals surface area contributed by atoms with Gasteiger partial charge in [0, 0.05) is 44.2 Å². The van der Waals surface area contributed by atoms with Crippen LogP contribution in [0.15, 0.2) is 30.7 Å². The van der Waals surface area contributed by atoms with Gasteiger partial charge in [0.2, 0.25) is 5.91 Å². The van der Waals surface area contributed by atoms with Crippen LogP contribution in [0.25, 0.3) is 0 Å². The molecular weight excluding hydrogens is 316 g/mol. The lowest BCUT2D eigenvalue weighted by atomic mass is 9.85. The first kappa shape index (κ1) is 17.0. The molecule has 7 nitrogen and oxygen atoms in total. The van der Waals surface area contributed by atoms with Crippen molar-refractivity contribution in [2.24, 2.45) is 13.0 Å². The van der Waals surface area contributed by atoms with Crippen LogP contribution in [0.5, 0.6) is 0 Å². The normalized spacial score (nSPS) is 20.4. The third-order valence-electron chi connectivity index (χ3n) is 4.69. The molecular formula is C18H22N6O. The standard InChI is InChI=1S/C18H22N6O/c1-3-24-17(25)7-4-13(18(24)14-10-22-23(2)12-14)9-20-16-6-5-15(8-19)21-11-16/h5-6,10-13,18,20H,3-4,7,9H2,1-2H3/t13-,18+/m1/s1. The molecule has 7 heteroatoms. The molecule has 130 valence electrons. The van der Waals surface area contributed by atoms with Gasteiger partial charge in [0.25, 0.3) is 0 Å². The highest BCUT2D eigenvalue weighted by Crippen LogP contribution is 2.36. The van der Waals surface area contributed by atoms with Crippen molar-refractivity contribution in [1.82, 2.24) is 19.7 Å². The molecule has 1 amide bonds. The molecule has 3 heterocycles. The number of anilines is 1. The van der Waals surface area contributed by atoms with E-state index in [-0.39, 0.29) is 17.9 Å². The summed E-state index contributed by atoms with van der Waals surface area (Å²) in [4.78, 5) is 18.4. The highest BCUT2D eigenvalue weighted by atomic mass is 16.2. The van der Waals surface area contributed by atoms with E-state index in [1.807, 2.05) is 43.4 Å². The second-order valence-corrected chi connectivity index (χ2v) is 6.30. The molecule has 0 aromatic carbocycles. The molecule has 0 aliphatic carbocycles. The van der Waals surface area contributed by atoms with Crippen LogP contribution in [0.3, 0.4) is 0 Å². The third kappa shape index (κ3) is 3.63. The Balaban J connectivity index is 1.77. The van der Waals surface area contributed by atoms with Gasteiger partial charge in [-0.3, -0.25) is 9.48 Å². The lowest BCUT2D eigenvalue weighted by Gasteiger charge is -2.40. The van der Waals surface area contributed by atoms with E-state index in [4.69, 9.17) is 5.26 Å². The molecule has 0 radical (unpaired) electrons. The predicted molar refractivity (Wildman–Crippen MR) is 93.5 cm³/mol. The summed E-state index contributed by atoms with van der Waals surface area (Å²) in [5.74, 6) is 0.491. The number of piperidine rings is 1. The maximum atomic E-state index is 12.3. The van der Waals surface area contributed by atoms with E-state index in [0.29, 0.717) is 18.7 Å². The Bertz CT molecular complexity index is 776. The summed E-state index contributed by atoms with van der Waals surface area (Å²) in [6, 6.07) is 5.60. The van der Waals surface area contributed by atoms with Crippen molar-refractivity contribution in [3.63, 3.8) is 0 Å². The smallest absolute Gasteiger partial charge is 0.223 e. The third-order valence-corrected chi connectivity index (χ3v) is 4.69. The Hall–Kier alpha value is -2.88. The van der Waals surface area contributed by atoms with E-state index in [1.165, 1.54) is 0 Å². The van der Waals surface area contributed by atoms with Crippen molar-refractivity contribution in [2.45, 2.75) is 25.8 Å². The molecule has 1 N–H and O–H groups in total. The minimum Gasteiger partial charge on any atom is -0.383 e. The topological polar surface area (TPSA) is 86.8 Å². The molecule has 3 rings (SSSR count). The lowest BCUT2D eigenvalue weighted by molar-refractivity contribution is -0.138. The molecule has 0 bridgehead atoms. The number of carbonyl (C=O) groups is 1. The molecule has 2 atom stereocenters. The van der Waals surface area contributed by atoms with Crippen LogP contribution >= 0.6 is 0 Å². The van der Waals surface area contributed by atoms with Crippen molar-refractivity contribution >= 4 is 11.6 Å². The van der Waals surface area contributed by atoms with Crippen molar-refractivity contribution in [1.29, 1.82) is 5.26 Å². The van der Waals surface area contributed by atoms with Crippen LogP contribution in [-0.2, 0) is 11.8 Å². The maximum Gasteiger partial charge on any atom is 0.223 e. The number of carbonyl (C=O) groups excluding carboxylic acids is 1. The Morgan fingerprint density at radius 1 is 1.40 bits per heavy atom. The summed E-state index contributed by atoms with van der Waals surface area (Å²) in [6.07, 6.45) is 6.92. The fraction of sp³-hybridized carbons (Fsp3) is 0.444. The van der Waals surface area contributed by atoms with Crippen molar-refractivity contribution in [3.8, 4) is 6.07 Å². The fourth-order valence-corrected chi connectivity index (χ4v) is 3.47. The average Bonchev–Trinajstić information content (AvgIpc) is 3.06. The number of hydrogen-bond acceptors (Lipinski definition) is 5. The van der Waals surface area contributed by atoms with Crippen LogP contribution < -0.4 is 5.32 Å². The summed E-state index contributed by atoms with van der Waals surface area (Å²) < 4.78 is 1.78. The highest BCUT2D eigenvalue weighted by molar-refractivity contribution is 5.77. The van der Waals surface area contributed by atoms with Gasteiger partial charge in [-0.2, -0.15) is 10.4 Å². The lowest BCUT2D eigenvalue weighted by Crippen LogP contribution is -2.44. The zero-order valence-corrected chi connectivity index (χ0v) is 14.5. The summed E-state index contributed by atoms with van der Waals surface area (Å²) in [6.45, 7) is 3.44. The highest BCUT2D eigenvalue weighted by Gasteiger charge is 2.36. The number of nitrogens with zero attached hydrogens (tertiary/aromatic N) is 5. The minimum atomic E-state index is 0.0267. The van der Waals surface area contributed by atoms with E-state index in [0.717, 1.165) is 24.2 Å². The van der Waals surface area contributed by atoms with Crippen LogP contribution in [0.2, 0.25) is 0 Å². The van der Waals surface area contributed by atoms with Crippen LogP contribution in [0.1, 0.15) is 37.1 Å². The van der Waals surface area contributed by atoms with Gasteiger partial charge in [0.15, 0.2) is 0 Å². The predicted octanol–water partition coefficient (Wildman–Crippen LogP) is 2.10. The second kappa shape index (κ2) is 7.34. The number of nitrogens with one attached hydrogen (secondary N) is 1. The molecule has 1 fully saturated rings. The Morgan fingerprint density at radius 2 is 2.24 bits per heavy atom. The number of aromatic nitrogens is 3. The number of rotatable bonds is 5. The summed E-state index contributed by atoms with van der Waals surface area (Å²) in [7, 11) is 1.89. The number of amides is 1. The Morgan fingerprint density at radius 3 is 2.84 bits per heavy atom. The van der Waals surface area contributed by atoms with Gasteiger partial charge >= 0.3 is 0 Å². The number of aryl methyl sites for hydroxylation is 1. The van der Waals surface area contributed by atoms with Gasteiger partial charge in [-0.15, -0.1) is 0 Å². The van der Waals surface area contributed by atoms with Crippen molar-refractivity contribution < 1.29 is 4.79 Å². The molecule has 1 saturated heterocycles. The second-order valence-electron chi connectivity index (χ2n) is 6.30. The summed E-state index contributed by atoms with van der Waals surface area (Å²) in [5, 5.41) is 16.5. The molecule has 0 spiro atoms. The van der Waals surface area contributed by atoms with Gasteiger partial charge in [-0.1, -0.05) is 0 Å². The average molecular weight is 338 g/mol. The zero-order chi connectivity index (χ0) is 17.8. The monoisotopic (exact) mass is 338 g/mol. The van der Waals surface area contributed by atoms with Gasteiger partial charge in [0.1, 0.15) is 11.8 Å². The van der Waals surface area contributed by atoms with Crippen molar-refractivity contribution in [3.05, 3.63) is 42.0 Å². The van der Waals surface area contributed by atoms with E-state index in [9.17, 15) is 4.79 Å². The molecule has 0 saturated carbocycles. The Kier molecular flexibility index (Phi) is 4.98. The molecule has 2 aromatic rings. The SMILES string of the molecule is CCN1C(=O)CC[C@H](CNc2ccc(C#N)nc2)[C@H]1c1cnn(C)c1. The molecule has 1 aliphatic heterocycles. The first-order valence-electron chi connectivity index (χ1n) is 8.50. The van der Waals surface area contributed by atoms with Crippen molar-refractivity contribution in [2.75, 3.05) is 18.4 Å². The van der Waals surface area contributed by atoms with Gasteiger partial charge in [-0.25, -0.2) is 4.98 Å². The zero-order valence-electron chi connectivity index (χ0n) is 14.5. The number of nitriles is 1. The Labute approximate surface area is 147 Å². The van der Waals surface area contributed by atoms with E-state index >= 15 is 0 Å². The number of hydrogen-bond donors (Lipinski definition) is 1. The largest absolute Gasteiger partial charge is 0.383 e. The molecule has 25 heavy (non-hydrogen) atoms. The van der Waals surface area contributed by atoms with E-state index < -0.39 is 0 Å². The van der Waals surface area contributed by atoms with Crippen LogP contribution in [0.4, 0.5) is 5.69 Å². The fourth-order valence-electron chi connectivity index (χ4n) is 3.47. The van der Waals surface area contributed by atoms with Crippen LogP contribution in [-0.4, -0.2) is 38.7 Å². The minimum absolute atomic E-state index is 0.0267. The first-order chi connectivity index (χ1) is 12.1. The molecule has 2 aromatic heterocycles. The van der Waals surface area contributed by atoms with Crippen LogP contribution in [0, 0.1) is 17.2 Å². The first-order valence-corrected chi connectivity index (χ1v) is 8.50. The van der Waals surface area contributed by atoms with Gasteiger partial charge in [-0.05, 0) is 25.5 Å². The maximum absolute atomic E-state index is 12.3. The van der Waals surface area contributed by atoms with E-state index in [2.05, 4.69) is 15.4 Å². The quantitative estimate of drug-likeness (QED) is 0.902. The summed E-state index contributed by atoms with van der Waals surface area (Å²) in [5.41, 5.74) is 2.35. The van der Waals surface area contributed by atoms with Gasteiger partial charge < -0.3 is 10.2 Å². The van der Waals surface area contributed by atoms with E-state index in [1.54, 1.807) is 16.9 Å². The number of pyridine rings is 1. The number of likely N-dealkylation sites (tertiary alicyclic amines) is 1. The van der Waals surface area contributed by atoms with Gasteiger partial charge in [0.05, 0.1) is 24.1 Å². The summed E-state index contributed by atoms with van der Waals surface area (Å²) >= 11 is 0. The molecule has 1 aliphatic rings. The molecule has 0 unspecified atom stereocenters.